The van der Waals surface area contributed by atoms with Crippen LogP contribution in [0.3, 0.4) is 0 Å². The molecule has 142 valence electrons. The molecular weight excluding hydrogens is 353 g/mol. The summed E-state index contributed by atoms with van der Waals surface area (Å²) in [5, 5.41) is 12.2. The number of hydrogen-bond donors (Lipinski definition) is 1. The van der Waals surface area contributed by atoms with Gasteiger partial charge in [0, 0.05) is 31.7 Å². The molecule has 6 heteroatoms. The Balaban J connectivity index is 1.76. The van der Waals surface area contributed by atoms with E-state index in [-0.39, 0.29) is 5.41 Å². The Labute approximate surface area is 156 Å². The molecule has 0 atom stereocenters. The third-order valence-electron chi connectivity index (χ3n) is 5.13. The number of rotatable bonds is 5. The van der Waals surface area contributed by atoms with Crippen LogP contribution in [0.15, 0.2) is 48.5 Å². The zero-order valence-corrected chi connectivity index (χ0v) is 14.9. The number of halogens is 3. The second-order valence-corrected chi connectivity index (χ2v) is 6.88. The van der Waals surface area contributed by atoms with Gasteiger partial charge in [0.15, 0.2) is 0 Å². The van der Waals surface area contributed by atoms with E-state index in [1.165, 1.54) is 12.1 Å². The molecule has 1 fully saturated rings. The molecule has 0 aromatic heterocycles. The molecule has 3 nitrogen and oxygen atoms in total. The number of ether oxygens (including phenoxy) is 1. The fourth-order valence-corrected chi connectivity index (χ4v) is 3.50. The highest BCUT2D eigenvalue weighted by molar-refractivity contribution is 5.33. The smallest absolute Gasteiger partial charge is 0.381 e. The SMILES string of the molecule is N#Cc1ccc(CNCC2(c3cccc(C(F)(F)F)c3)CCOCC2)cc1. The lowest BCUT2D eigenvalue weighted by molar-refractivity contribution is -0.137. The predicted octanol–water partition coefficient (Wildman–Crippen LogP) is 4.42. The normalized spacial score (nSPS) is 16.7. The van der Waals surface area contributed by atoms with Gasteiger partial charge in [0.25, 0.3) is 0 Å². The average molecular weight is 374 g/mol. The van der Waals surface area contributed by atoms with Crippen LogP contribution in [-0.4, -0.2) is 19.8 Å². The van der Waals surface area contributed by atoms with Crippen molar-refractivity contribution in [3.8, 4) is 6.07 Å². The van der Waals surface area contributed by atoms with Crippen LogP contribution >= 0.6 is 0 Å². The van der Waals surface area contributed by atoms with Crippen LogP contribution < -0.4 is 5.32 Å². The minimum absolute atomic E-state index is 0.383. The summed E-state index contributed by atoms with van der Waals surface area (Å²) in [6.07, 6.45) is -3.00. The summed E-state index contributed by atoms with van der Waals surface area (Å²) in [5.74, 6) is 0. The predicted molar refractivity (Wildman–Crippen MR) is 96.0 cm³/mol. The minimum atomic E-state index is -4.35. The van der Waals surface area contributed by atoms with Gasteiger partial charge in [-0.3, -0.25) is 0 Å². The third-order valence-corrected chi connectivity index (χ3v) is 5.13. The largest absolute Gasteiger partial charge is 0.416 e. The Morgan fingerprint density at radius 1 is 1.07 bits per heavy atom. The van der Waals surface area contributed by atoms with Crippen LogP contribution in [0.1, 0.15) is 35.1 Å². The maximum absolute atomic E-state index is 13.1. The fraction of sp³-hybridized carbons (Fsp3) is 0.381. The van der Waals surface area contributed by atoms with Crippen molar-refractivity contribution in [1.29, 1.82) is 5.26 Å². The standard InChI is InChI=1S/C21H21F3N2O/c22-21(23,24)19-3-1-2-18(12-19)20(8-10-27-11-9-20)15-26-14-17-6-4-16(13-25)5-7-17/h1-7,12,26H,8-11,14-15H2. The van der Waals surface area contributed by atoms with E-state index in [9.17, 15) is 13.2 Å². The fourth-order valence-electron chi connectivity index (χ4n) is 3.50. The number of hydrogen-bond acceptors (Lipinski definition) is 3. The molecule has 0 amide bonds. The lowest BCUT2D eigenvalue weighted by Gasteiger charge is -2.38. The van der Waals surface area contributed by atoms with Gasteiger partial charge in [-0.1, -0.05) is 30.3 Å². The van der Waals surface area contributed by atoms with Gasteiger partial charge in [-0.25, -0.2) is 0 Å². The Kier molecular flexibility index (Phi) is 5.83. The molecule has 2 aromatic carbocycles. The number of alkyl halides is 3. The van der Waals surface area contributed by atoms with E-state index < -0.39 is 11.7 Å². The Bertz CT molecular complexity index is 803. The number of nitrogens with one attached hydrogen (secondary N) is 1. The highest BCUT2D eigenvalue weighted by Crippen LogP contribution is 2.37. The Hall–Kier alpha value is -2.36. The quantitative estimate of drug-likeness (QED) is 0.843. The minimum Gasteiger partial charge on any atom is -0.381 e. The van der Waals surface area contributed by atoms with Crippen LogP contribution in [0.4, 0.5) is 13.2 Å². The van der Waals surface area contributed by atoms with Crippen molar-refractivity contribution in [1.82, 2.24) is 5.32 Å². The second-order valence-electron chi connectivity index (χ2n) is 6.88. The van der Waals surface area contributed by atoms with E-state index in [1.54, 1.807) is 18.2 Å². The van der Waals surface area contributed by atoms with Crippen molar-refractivity contribution >= 4 is 0 Å². The number of nitrogens with zero attached hydrogens (tertiary/aromatic N) is 1. The van der Waals surface area contributed by atoms with Gasteiger partial charge in [-0.2, -0.15) is 18.4 Å². The van der Waals surface area contributed by atoms with Gasteiger partial charge in [-0.05, 0) is 42.2 Å². The molecule has 27 heavy (non-hydrogen) atoms. The van der Waals surface area contributed by atoms with Crippen molar-refractivity contribution in [3.05, 3.63) is 70.8 Å². The molecule has 0 unspecified atom stereocenters. The molecule has 0 saturated carbocycles. The lowest BCUT2D eigenvalue weighted by atomic mass is 9.73. The molecule has 0 bridgehead atoms. The lowest BCUT2D eigenvalue weighted by Crippen LogP contribution is -2.42. The molecule has 1 N–H and O–H groups in total. The zero-order valence-electron chi connectivity index (χ0n) is 14.9. The monoisotopic (exact) mass is 374 g/mol. The third kappa shape index (κ3) is 4.68. The van der Waals surface area contributed by atoms with E-state index in [4.69, 9.17) is 10.00 Å². The molecule has 3 rings (SSSR count). The summed E-state index contributed by atoms with van der Waals surface area (Å²) in [7, 11) is 0. The highest BCUT2D eigenvalue weighted by Gasteiger charge is 2.37. The van der Waals surface area contributed by atoms with E-state index in [2.05, 4.69) is 11.4 Å². The summed E-state index contributed by atoms with van der Waals surface area (Å²) < 4.78 is 44.8. The first-order valence-electron chi connectivity index (χ1n) is 8.88. The summed E-state index contributed by atoms with van der Waals surface area (Å²) >= 11 is 0. The van der Waals surface area contributed by atoms with Crippen LogP contribution in [0.25, 0.3) is 0 Å². The van der Waals surface area contributed by atoms with Gasteiger partial charge in [0.1, 0.15) is 0 Å². The first kappa shape index (κ1) is 19.4. The zero-order chi connectivity index (χ0) is 19.3. The van der Waals surface area contributed by atoms with Crippen LogP contribution in [0.5, 0.6) is 0 Å². The number of nitriles is 1. The number of benzene rings is 2. The first-order chi connectivity index (χ1) is 12.9. The van der Waals surface area contributed by atoms with Crippen molar-refractivity contribution < 1.29 is 17.9 Å². The van der Waals surface area contributed by atoms with E-state index >= 15 is 0 Å². The maximum Gasteiger partial charge on any atom is 0.416 e. The van der Waals surface area contributed by atoms with E-state index in [0.29, 0.717) is 50.3 Å². The van der Waals surface area contributed by atoms with Gasteiger partial charge in [0.2, 0.25) is 0 Å². The first-order valence-corrected chi connectivity index (χ1v) is 8.88. The molecule has 0 radical (unpaired) electrons. The van der Waals surface area contributed by atoms with E-state index in [0.717, 1.165) is 11.6 Å². The van der Waals surface area contributed by atoms with Crippen molar-refractivity contribution in [2.24, 2.45) is 0 Å². The van der Waals surface area contributed by atoms with Gasteiger partial charge < -0.3 is 10.1 Å². The van der Waals surface area contributed by atoms with Gasteiger partial charge in [0.05, 0.1) is 17.2 Å². The van der Waals surface area contributed by atoms with Crippen LogP contribution in [0.2, 0.25) is 0 Å². The molecule has 1 aliphatic heterocycles. The van der Waals surface area contributed by atoms with Crippen molar-refractivity contribution in [2.75, 3.05) is 19.8 Å². The molecule has 1 heterocycles. The molecule has 0 aliphatic carbocycles. The topological polar surface area (TPSA) is 45.0 Å². The molecular formula is C21H21F3N2O. The second kappa shape index (κ2) is 8.12. The summed E-state index contributed by atoms with van der Waals surface area (Å²) in [5.41, 5.74) is 1.33. The van der Waals surface area contributed by atoms with Crippen LogP contribution in [-0.2, 0) is 22.9 Å². The molecule has 2 aromatic rings. The van der Waals surface area contributed by atoms with Crippen LogP contribution in [0, 0.1) is 11.3 Å². The van der Waals surface area contributed by atoms with Gasteiger partial charge in [-0.15, -0.1) is 0 Å². The Morgan fingerprint density at radius 2 is 1.78 bits per heavy atom. The highest BCUT2D eigenvalue weighted by atomic mass is 19.4. The average Bonchev–Trinajstić information content (AvgIpc) is 2.69. The van der Waals surface area contributed by atoms with Gasteiger partial charge >= 0.3 is 6.18 Å². The summed E-state index contributed by atoms with van der Waals surface area (Å²) in [6.45, 7) is 2.23. The summed E-state index contributed by atoms with van der Waals surface area (Å²) in [6, 6.07) is 15.0. The van der Waals surface area contributed by atoms with E-state index in [1.807, 2.05) is 12.1 Å². The summed E-state index contributed by atoms with van der Waals surface area (Å²) in [4.78, 5) is 0. The van der Waals surface area contributed by atoms with Crippen molar-refractivity contribution in [3.63, 3.8) is 0 Å². The van der Waals surface area contributed by atoms with Crippen molar-refractivity contribution in [2.45, 2.75) is 31.0 Å². The molecule has 0 spiro atoms. The maximum atomic E-state index is 13.1. The molecule has 1 aliphatic rings. The molecule has 1 saturated heterocycles. The Morgan fingerprint density at radius 3 is 2.41 bits per heavy atom.